The van der Waals surface area contributed by atoms with Gasteiger partial charge in [-0.1, -0.05) is 13.8 Å². The highest BCUT2D eigenvalue weighted by Gasteiger charge is 2.43. The number of esters is 1. The second-order valence-corrected chi connectivity index (χ2v) is 5.55. The molecule has 0 saturated heterocycles. The molecule has 0 bridgehead atoms. The summed E-state index contributed by atoms with van der Waals surface area (Å²) in [6, 6.07) is 0. The van der Waals surface area contributed by atoms with Gasteiger partial charge < -0.3 is 4.74 Å². The Kier molecular flexibility index (Phi) is 6.62. The van der Waals surface area contributed by atoms with Crippen molar-refractivity contribution >= 4 is 34.3 Å². The monoisotopic (exact) mass is 399 g/mol. The number of pyridine rings is 1. The smallest absolute Gasteiger partial charge is 0.434 e. The molecule has 26 heavy (non-hydrogen) atoms. The molecule has 0 amide bonds. The van der Waals surface area contributed by atoms with Crippen LogP contribution >= 0.6 is 11.6 Å². The fraction of sp³-hybridized carbons (Fsp3) is 0.400. The summed E-state index contributed by atoms with van der Waals surface area (Å²) in [5, 5.41) is -1.74. The first-order chi connectivity index (χ1) is 11.9. The highest BCUT2D eigenvalue weighted by Crippen LogP contribution is 2.40. The Morgan fingerprint density at radius 3 is 2.00 bits per heavy atom. The highest BCUT2D eigenvalue weighted by atomic mass is 35.5. The molecule has 0 atom stereocenters. The molecule has 142 valence electrons. The van der Waals surface area contributed by atoms with E-state index < -0.39 is 63.4 Å². The molecule has 0 saturated carbocycles. The standard InChI is InChI=1S/C15H11ClF5NO4/c1-5(2)6(4-23)7-8(14(25)26-3)10(13(17)18)22-11(15(19,20)21)9(7)12(16)24/h5,13H,1-3H3. The summed E-state index contributed by atoms with van der Waals surface area (Å²) < 4.78 is 70.8. The Bertz CT molecular complexity index is 798. The average molecular weight is 400 g/mol. The number of hydrogen-bond acceptors (Lipinski definition) is 5. The minimum atomic E-state index is -5.36. The molecule has 11 heteroatoms. The summed E-state index contributed by atoms with van der Waals surface area (Å²) in [6.07, 6.45) is -9.00. The van der Waals surface area contributed by atoms with Crippen LogP contribution in [0.1, 0.15) is 57.9 Å². The average Bonchev–Trinajstić information content (AvgIpc) is 2.51. The van der Waals surface area contributed by atoms with Crippen molar-refractivity contribution < 1.29 is 41.1 Å². The van der Waals surface area contributed by atoms with Crippen LogP contribution in [0.25, 0.3) is 5.57 Å². The molecule has 1 aromatic rings. The largest absolute Gasteiger partial charge is 0.465 e. The van der Waals surface area contributed by atoms with Crippen molar-refractivity contribution in [3.05, 3.63) is 28.1 Å². The van der Waals surface area contributed by atoms with Gasteiger partial charge in [-0.25, -0.2) is 23.4 Å². The van der Waals surface area contributed by atoms with E-state index in [-0.39, 0.29) is 0 Å². The normalized spacial score (nSPS) is 11.5. The van der Waals surface area contributed by atoms with Gasteiger partial charge in [-0.3, -0.25) is 4.79 Å². The lowest BCUT2D eigenvalue weighted by Crippen LogP contribution is -2.23. The van der Waals surface area contributed by atoms with Crippen LogP contribution in [0.4, 0.5) is 22.0 Å². The first-order valence-electron chi connectivity index (χ1n) is 6.85. The van der Waals surface area contributed by atoms with Crippen molar-refractivity contribution in [2.75, 3.05) is 7.11 Å². The lowest BCUT2D eigenvalue weighted by molar-refractivity contribution is -0.141. The second kappa shape index (κ2) is 7.92. The number of halogens is 6. The first kappa shape index (κ1) is 21.7. The second-order valence-electron chi connectivity index (χ2n) is 5.20. The Balaban J connectivity index is 4.32. The lowest BCUT2D eigenvalue weighted by atomic mass is 9.87. The third-order valence-electron chi connectivity index (χ3n) is 3.24. The Labute approximate surface area is 148 Å². The van der Waals surface area contributed by atoms with E-state index >= 15 is 0 Å². The summed E-state index contributed by atoms with van der Waals surface area (Å²) in [7, 11) is 0.779. The summed E-state index contributed by atoms with van der Waals surface area (Å²) in [5.41, 5.74) is -7.82. The number of methoxy groups -OCH3 is 1. The van der Waals surface area contributed by atoms with Crippen LogP contribution < -0.4 is 0 Å². The number of hydrogen-bond donors (Lipinski definition) is 0. The number of carbonyl (C=O) groups excluding carboxylic acids is 3. The molecule has 0 aliphatic rings. The van der Waals surface area contributed by atoms with Crippen LogP contribution in [0.15, 0.2) is 0 Å². The quantitative estimate of drug-likeness (QED) is 0.323. The van der Waals surface area contributed by atoms with Crippen LogP contribution in [0, 0.1) is 5.92 Å². The zero-order valence-corrected chi connectivity index (χ0v) is 14.3. The van der Waals surface area contributed by atoms with Crippen molar-refractivity contribution in [2.45, 2.75) is 26.4 Å². The van der Waals surface area contributed by atoms with Gasteiger partial charge >= 0.3 is 12.1 Å². The minimum absolute atomic E-state index is 0.635. The predicted octanol–water partition coefficient (Wildman–Crippen LogP) is 4.07. The van der Waals surface area contributed by atoms with E-state index in [1.807, 2.05) is 0 Å². The molecular weight excluding hydrogens is 389 g/mol. The predicted molar refractivity (Wildman–Crippen MR) is 79.7 cm³/mol. The number of allylic oxidation sites excluding steroid dienone is 1. The molecule has 1 aromatic heterocycles. The topological polar surface area (TPSA) is 73.3 Å². The van der Waals surface area contributed by atoms with Gasteiger partial charge in [-0.15, -0.1) is 0 Å². The van der Waals surface area contributed by atoms with Gasteiger partial charge in [-0.05, 0) is 17.5 Å². The van der Waals surface area contributed by atoms with Crippen molar-refractivity contribution in [1.82, 2.24) is 4.98 Å². The van der Waals surface area contributed by atoms with Crippen molar-refractivity contribution in [1.29, 1.82) is 0 Å². The van der Waals surface area contributed by atoms with Gasteiger partial charge in [0.1, 0.15) is 11.6 Å². The van der Waals surface area contributed by atoms with E-state index in [1.54, 1.807) is 0 Å². The summed E-state index contributed by atoms with van der Waals surface area (Å²) in [5.74, 6) is -1.11. The lowest BCUT2D eigenvalue weighted by Gasteiger charge is -2.21. The fourth-order valence-electron chi connectivity index (χ4n) is 2.19. The van der Waals surface area contributed by atoms with E-state index in [1.165, 1.54) is 19.8 Å². The molecule has 0 aliphatic carbocycles. The van der Waals surface area contributed by atoms with Gasteiger partial charge in [0.25, 0.3) is 11.7 Å². The Morgan fingerprint density at radius 1 is 1.15 bits per heavy atom. The number of rotatable bonds is 5. The van der Waals surface area contributed by atoms with Gasteiger partial charge in [-0.2, -0.15) is 13.2 Å². The van der Waals surface area contributed by atoms with Crippen molar-refractivity contribution in [2.24, 2.45) is 5.92 Å². The number of nitrogens with zero attached hydrogens (tertiary/aromatic N) is 1. The fourth-order valence-corrected chi connectivity index (χ4v) is 2.38. The molecule has 0 spiro atoms. The van der Waals surface area contributed by atoms with E-state index in [2.05, 4.69) is 9.72 Å². The molecule has 0 N–H and O–H groups in total. The molecule has 0 fully saturated rings. The Hall–Kier alpha value is -2.32. The van der Waals surface area contributed by atoms with Crippen LogP contribution in [0.2, 0.25) is 0 Å². The van der Waals surface area contributed by atoms with Crippen LogP contribution in [0.3, 0.4) is 0 Å². The molecule has 0 unspecified atom stereocenters. The van der Waals surface area contributed by atoms with Crippen molar-refractivity contribution in [3.8, 4) is 0 Å². The number of carbonyl (C=O) groups is 2. The maximum Gasteiger partial charge on any atom is 0.434 e. The van der Waals surface area contributed by atoms with Crippen molar-refractivity contribution in [3.63, 3.8) is 0 Å². The van der Waals surface area contributed by atoms with E-state index in [4.69, 9.17) is 11.6 Å². The zero-order chi connectivity index (χ0) is 20.4. The third kappa shape index (κ3) is 4.08. The maximum atomic E-state index is 13.3. The Morgan fingerprint density at radius 2 is 1.69 bits per heavy atom. The summed E-state index contributed by atoms with van der Waals surface area (Å²) >= 11 is 5.22. The molecular formula is C15H11ClF5NO4. The van der Waals surface area contributed by atoms with Gasteiger partial charge in [0.05, 0.1) is 18.2 Å². The SMILES string of the molecule is COC(=O)c1c(C(F)F)nc(C(F)(F)F)c(C(=O)Cl)c1C(=C=O)C(C)C. The number of alkyl halides is 5. The van der Waals surface area contributed by atoms with E-state index in [9.17, 15) is 36.3 Å². The molecule has 0 aromatic carbocycles. The maximum absolute atomic E-state index is 13.3. The summed E-state index contributed by atoms with van der Waals surface area (Å²) in [4.78, 5) is 37.6. The zero-order valence-electron chi connectivity index (χ0n) is 13.5. The van der Waals surface area contributed by atoms with Gasteiger partial charge in [0, 0.05) is 11.1 Å². The molecule has 0 aliphatic heterocycles. The highest BCUT2D eigenvalue weighted by molar-refractivity contribution is 6.68. The molecule has 1 rings (SSSR count). The van der Waals surface area contributed by atoms with Gasteiger partial charge in [0.2, 0.25) is 0 Å². The third-order valence-corrected chi connectivity index (χ3v) is 3.43. The molecule has 0 radical (unpaired) electrons. The first-order valence-corrected chi connectivity index (χ1v) is 7.22. The van der Waals surface area contributed by atoms with Crippen LogP contribution in [0.5, 0.6) is 0 Å². The van der Waals surface area contributed by atoms with E-state index in [0.717, 1.165) is 7.11 Å². The molecule has 1 heterocycles. The molecule has 5 nitrogen and oxygen atoms in total. The number of aromatic nitrogens is 1. The van der Waals surface area contributed by atoms with Gasteiger partial charge in [0.15, 0.2) is 5.69 Å². The van der Waals surface area contributed by atoms with Crippen LogP contribution in [-0.4, -0.2) is 29.2 Å². The summed E-state index contributed by atoms with van der Waals surface area (Å²) in [6.45, 7) is 2.64. The number of ether oxygens (including phenoxy) is 1. The van der Waals surface area contributed by atoms with E-state index in [0.29, 0.717) is 0 Å². The van der Waals surface area contributed by atoms with Crippen LogP contribution in [-0.2, 0) is 15.7 Å². The minimum Gasteiger partial charge on any atom is -0.465 e.